The molecular weight excluding hydrogens is 282 g/mol. The zero-order valence-electron chi connectivity index (χ0n) is 12.8. The highest BCUT2D eigenvalue weighted by Gasteiger charge is 2.06. The summed E-state index contributed by atoms with van der Waals surface area (Å²) in [5, 5.41) is 4.13. The van der Waals surface area contributed by atoms with E-state index in [0.29, 0.717) is 16.8 Å². The molecular formula is C18H22ClNO. The second-order valence-electron chi connectivity index (χ2n) is 5.15. The minimum Gasteiger partial charge on any atom is -0.495 e. The SMILES string of the molecule is CCCNC(C)c1ccc(-c2ccc(OC)c(Cl)c2)cc1. The molecule has 2 aromatic rings. The third kappa shape index (κ3) is 3.99. The lowest BCUT2D eigenvalue weighted by molar-refractivity contribution is 0.415. The summed E-state index contributed by atoms with van der Waals surface area (Å²) in [6.45, 7) is 5.40. The number of nitrogens with one attached hydrogen (secondary N) is 1. The van der Waals surface area contributed by atoms with Gasteiger partial charge in [-0.2, -0.15) is 0 Å². The van der Waals surface area contributed by atoms with Gasteiger partial charge in [0, 0.05) is 6.04 Å². The van der Waals surface area contributed by atoms with Crippen molar-refractivity contribution in [2.45, 2.75) is 26.3 Å². The fourth-order valence-corrected chi connectivity index (χ4v) is 2.55. The van der Waals surface area contributed by atoms with Crippen LogP contribution in [0.15, 0.2) is 42.5 Å². The Balaban J connectivity index is 2.17. The Morgan fingerprint density at radius 1 is 1.10 bits per heavy atom. The van der Waals surface area contributed by atoms with E-state index in [0.717, 1.165) is 24.1 Å². The van der Waals surface area contributed by atoms with Crippen LogP contribution < -0.4 is 10.1 Å². The summed E-state index contributed by atoms with van der Waals surface area (Å²) in [5.41, 5.74) is 3.55. The summed E-state index contributed by atoms with van der Waals surface area (Å²) in [6.07, 6.45) is 1.15. The van der Waals surface area contributed by atoms with Crippen LogP contribution in [0.4, 0.5) is 0 Å². The first-order valence-corrected chi connectivity index (χ1v) is 7.70. The van der Waals surface area contributed by atoms with Crippen molar-refractivity contribution in [3.05, 3.63) is 53.1 Å². The van der Waals surface area contributed by atoms with E-state index in [2.05, 4.69) is 43.4 Å². The van der Waals surface area contributed by atoms with Gasteiger partial charge in [0.05, 0.1) is 12.1 Å². The van der Waals surface area contributed by atoms with E-state index in [1.54, 1.807) is 7.11 Å². The molecule has 21 heavy (non-hydrogen) atoms. The van der Waals surface area contributed by atoms with Crippen molar-refractivity contribution in [2.24, 2.45) is 0 Å². The van der Waals surface area contributed by atoms with Crippen LogP contribution in [0.25, 0.3) is 11.1 Å². The highest BCUT2D eigenvalue weighted by Crippen LogP contribution is 2.30. The van der Waals surface area contributed by atoms with E-state index >= 15 is 0 Å². The number of hydrogen-bond acceptors (Lipinski definition) is 2. The lowest BCUT2D eigenvalue weighted by atomic mass is 10.0. The lowest BCUT2D eigenvalue weighted by Crippen LogP contribution is -2.19. The van der Waals surface area contributed by atoms with Gasteiger partial charge in [-0.15, -0.1) is 0 Å². The van der Waals surface area contributed by atoms with Gasteiger partial charge in [0.15, 0.2) is 0 Å². The first-order chi connectivity index (χ1) is 10.2. The van der Waals surface area contributed by atoms with E-state index < -0.39 is 0 Å². The number of rotatable bonds is 6. The van der Waals surface area contributed by atoms with Crippen LogP contribution in [0, 0.1) is 0 Å². The molecule has 0 saturated carbocycles. The van der Waals surface area contributed by atoms with Crippen molar-refractivity contribution >= 4 is 11.6 Å². The average Bonchev–Trinajstić information content (AvgIpc) is 2.52. The molecule has 0 aliphatic carbocycles. The second-order valence-corrected chi connectivity index (χ2v) is 5.55. The fourth-order valence-electron chi connectivity index (χ4n) is 2.29. The largest absolute Gasteiger partial charge is 0.495 e. The van der Waals surface area contributed by atoms with Crippen LogP contribution in [0.1, 0.15) is 31.9 Å². The number of ether oxygens (including phenoxy) is 1. The topological polar surface area (TPSA) is 21.3 Å². The smallest absolute Gasteiger partial charge is 0.137 e. The molecule has 0 radical (unpaired) electrons. The molecule has 0 fully saturated rings. The first-order valence-electron chi connectivity index (χ1n) is 7.33. The normalized spacial score (nSPS) is 12.2. The van der Waals surface area contributed by atoms with E-state index in [1.807, 2.05) is 18.2 Å². The quantitative estimate of drug-likeness (QED) is 0.804. The van der Waals surface area contributed by atoms with E-state index in [9.17, 15) is 0 Å². The van der Waals surface area contributed by atoms with Crippen LogP contribution in [0.5, 0.6) is 5.75 Å². The minimum absolute atomic E-state index is 0.374. The van der Waals surface area contributed by atoms with Gasteiger partial charge in [-0.25, -0.2) is 0 Å². The predicted octanol–water partition coefficient (Wildman–Crippen LogP) is 5.08. The van der Waals surface area contributed by atoms with E-state index in [4.69, 9.17) is 16.3 Å². The summed E-state index contributed by atoms with van der Waals surface area (Å²) in [5.74, 6) is 0.703. The Hall–Kier alpha value is -1.51. The van der Waals surface area contributed by atoms with Crippen molar-refractivity contribution < 1.29 is 4.74 Å². The van der Waals surface area contributed by atoms with Gasteiger partial charge >= 0.3 is 0 Å². The molecule has 0 aromatic heterocycles. The van der Waals surface area contributed by atoms with Gasteiger partial charge in [0.25, 0.3) is 0 Å². The van der Waals surface area contributed by atoms with Crippen LogP contribution in [-0.2, 0) is 0 Å². The molecule has 1 N–H and O–H groups in total. The zero-order chi connectivity index (χ0) is 15.2. The zero-order valence-corrected chi connectivity index (χ0v) is 13.6. The molecule has 0 amide bonds. The van der Waals surface area contributed by atoms with Crippen molar-refractivity contribution in [1.82, 2.24) is 5.32 Å². The van der Waals surface area contributed by atoms with Gasteiger partial charge in [-0.1, -0.05) is 48.9 Å². The van der Waals surface area contributed by atoms with Crippen LogP contribution in [-0.4, -0.2) is 13.7 Å². The third-order valence-corrected chi connectivity index (χ3v) is 3.89. The predicted molar refractivity (Wildman–Crippen MR) is 90.1 cm³/mol. The van der Waals surface area contributed by atoms with Crippen molar-refractivity contribution in [3.63, 3.8) is 0 Å². The average molecular weight is 304 g/mol. The molecule has 0 aliphatic heterocycles. The summed E-state index contributed by atoms with van der Waals surface area (Å²) < 4.78 is 5.18. The monoisotopic (exact) mass is 303 g/mol. The van der Waals surface area contributed by atoms with Gasteiger partial charge in [0.1, 0.15) is 5.75 Å². The molecule has 112 valence electrons. The molecule has 2 nitrogen and oxygen atoms in total. The molecule has 3 heteroatoms. The van der Waals surface area contributed by atoms with Gasteiger partial charge in [-0.05, 0) is 48.7 Å². The fraction of sp³-hybridized carbons (Fsp3) is 0.333. The summed E-state index contributed by atoms with van der Waals surface area (Å²) in [4.78, 5) is 0. The number of methoxy groups -OCH3 is 1. The Bertz CT molecular complexity index is 580. The maximum Gasteiger partial charge on any atom is 0.137 e. The molecule has 2 aromatic carbocycles. The van der Waals surface area contributed by atoms with Crippen molar-refractivity contribution in [2.75, 3.05) is 13.7 Å². The van der Waals surface area contributed by atoms with Crippen molar-refractivity contribution in [3.8, 4) is 16.9 Å². The van der Waals surface area contributed by atoms with Gasteiger partial charge < -0.3 is 10.1 Å². The summed E-state index contributed by atoms with van der Waals surface area (Å²) >= 11 is 6.18. The van der Waals surface area contributed by atoms with E-state index in [1.165, 1.54) is 5.56 Å². The first kappa shape index (κ1) is 15.9. The molecule has 1 atom stereocenters. The summed E-state index contributed by atoms with van der Waals surface area (Å²) in [7, 11) is 1.63. The van der Waals surface area contributed by atoms with Crippen LogP contribution >= 0.6 is 11.6 Å². The maximum atomic E-state index is 6.18. The minimum atomic E-state index is 0.374. The number of halogens is 1. The molecule has 0 saturated heterocycles. The molecule has 0 bridgehead atoms. The standard InChI is InChI=1S/C18H22ClNO/c1-4-11-20-13(2)14-5-7-15(8-6-14)16-9-10-18(21-3)17(19)12-16/h5-10,12-13,20H,4,11H2,1-3H3. The Morgan fingerprint density at radius 2 is 1.76 bits per heavy atom. The summed E-state index contributed by atoms with van der Waals surface area (Å²) in [6, 6.07) is 14.8. The Labute approximate surface area is 132 Å². The molecule has 1 unspecified atom stereocenters. The molecule has 0 spiro atoms. The number of hydrogen-bond donors (Lipinski definition) is 1. The van der Waals surface area contributed by atoms with E-state index in [-0.39, 0.29) is 0 Å². The second kappa shape index (κ2) is 7.48. The molecule has 0 aliphatic rings. The molecule has 0 heterocycles. The Kier molecular flexibility index (Phi) is 5.66. The van der Waals surface area contributed by atoms with Gasteiger partial charge in [-0.3, -0.25) is 0 Å². The maximum absolute atomic E-state index is 6.18. The highest BCUT2D eigenvalue weighted by molar-refractivity contribution is 6.32. The van der Waals surface area contributed by atoms with Crippen LogP contribution in [0.3, 0.4) is 0 Å². The van der Waals surface area contributed by atoms with Gasteiger partial charge in [0.2, 0.25) is 0 Å². The third-order valence-electron chi connectivity index (χ3n) is 3.60. The molecule has 2 rings (SSSR count). The number of benzene rings is 2. The van der Waals surface area contributed by atoms with Crippen molar-refractivity contribution in [1.29, 1.82) is 0 Å². The highest BCUT2D eigenvalue weighted by atomic mass is 35.5. The Morgan fingerprint density at radius 3 is 2.33 bits per heavy atom. The lowest BCUT2D eigenvalue weighted by Gasteiger charge is -2.14. The van der Waals surface area contributed by atoms with Crippen LogP contribution in [0.2, 0.25) is 5.02 Å².